The van der Waals surface area contributed by atoms with Crippen molar-refractivity contribution in [3.05, 3.63) is 36.4 Å². The number of alkyl halides is 3. The molecule has 2 heterocycles. The summed E-state index contributed by atoms with van der Waals surface area (Å²) in [4.78, 5) is 3.65. The van der Waals surface area contributed by atoms with Crippen LogP contribution in [0.5, 0.6) is 0 Å². The summed E-state index contributed by atoms with van der Waals surface area (Å²) in [7, 11) is 0. The van der Waals surface area contributed by atoms with Crippen LogP contribution in [-0.4, -0.2) is 4.98 Å². The van der Waals surface area contributed by atoms with Crippen LogP contribution in [0.4, 0.5) is 13.2 Å². The fraction of sp³-hybridized carbons (Fsp3) is 0.222. The number of nitrogens with one attached hydrogen (secondary N) is 1. The first-order valence-electron chi connectivity index (χ1n) is 4.76. The molecule has 0 amide bonds. The number of rotatable bonds is 3. The third-order valence-corrected chi connectivity index (χ3v) is 4.84. The number of hydrogen-bond acceptors (Lipinski definition) is 5. The van der Waals surface area contributed by atoms with Crippen LogP contribution < -0.4 is 11.3 Å². The normalized spacial score (nSPS) is 13.8. The van der Waals surface area contributed by atoms with Crippen LogP contribution in [-0.2, 0) is 6.18 Å². The lowest BCUT2D eigenvalue weighted by molar-refractivity contribution is -0.137. The number of aromatic nitrogens is 1. The number of hydrazine groups is 1. The lowest BCUT2D eigenvalue weighted by Crippen LogP contribution is -2.28. The summed E-state index contributed by atoms with van der Waals surface area (Å²) in [6, 6.07) is 0.886. The second-order valence-electron chi connectivity index (χ2n) is 3.44. The van der Waals surface area contributed by atoms with Crippen molar-refractivity contribution in [2.75, 3.05) is 0 Å². The van der Waals surface area contributed by atoms with Crippen LogP contribution in [0, 0.1) is 0 Å². The first-order chi connectivity index (χ1) is 8.82. The number of nitrogens with zero attached hydrogens (tertiary/aromatic N) is 1. The van der Waals surface area contributed by atoms with E-state index in [1.54, 1.807) is 6.07 Å². The lowest BCUT2D eigenvalue weighted by Gasteiger charge is -2.12. The van der Waals surface area contributed by atoms with Gasteiger partial charge in [0.2, 0.25) is 0 Å². The molecule has 104 valence electrons. The van der Waals surface area contributed by atoms with Gasteiger partial charge in [0, 0.05) is 16.6 Å². The average molecular weight is 348 g/mol. The molecule has 0 bridgehead atoms. The molecule has 10 heteroatoms. The monoisotopic (exact) mass is 347 g/mol. The molecule has 0 aliphatic heterocycles. The Morgan fingerprint density at radius 3 is 2.42 bits per heavy atom. The minimum atomic E-state index is -4.47. The standard InChI is InChI=1S/C9H6Cl2F3N3S2/c10-5-1-3(7(11)19-5)6(17-15)4-2-16-8(18-4)9(12,13)14/h1-2,6,17H,15H2. The molecule has 3 nitrogen and oxygen atoms in total. The van der Waals surface area contributed by atoms with Crippen LogP contribution in [0.15, 0.2) is 12.3 Å². The minimum Gasteiger partial charge on any atom is -0.271 e. The number of thiophene rings is 1. The van der Waals surface area contributed by atoms with Gasteiger partial charge in [-0.05, 0) is 6.07 Å². The van der Waals surface area contributed by atoms with Crippen molar-refractivity contribution < 1.29 is 13.2 Å². The van der Waals surface area contributed by atoms with Gasteiger partial charge in [-0.1, -0.05) is 23.2 Å². The first kappa shape index (κ1) is 15.0. The molecule has 0 aromatic carbocycles. The highest BCUT2D eigenvalue weighted by molar-refractivity contribution is 7.20. The predicted octanol–water partition coefficient (Wildman–Crippen LogP) is 4.08. The van der Waals surface area contributed by atoms with Gasteiger partial charge in [0.1, 0.15) is 0 Å². The summed E-state index contributed by atoms with van der Waals surface area (Å²) in [5.74, 6) is 5.38. The molecular weight excluding hydrogens is 342 g/mol. The van der Waals surface area contributed by atoms with Crippen molar-refractivity contribution in [3.63, 3.8) is 0 Å². The van der Waals surface area contributed by atoms with Crippen LogP contribution in [0.1, 0.15) is 21.5 Å². The maximum atomic E-state index is 12.5. The zero-order valence-corrected chi connectivity index (χ0v) is 12.1. The van der Waals surface area contributed by atoms with E-state index < -0.39 is 17.2 Å². The van der Waals surface area contributed by atoms with E-state index >= 15 is 0 Å². The van der Waals surface area contributed by atoms with Crippen molar-refractivity contribution in [3.8, 4) is 0 Å². The van der Waals surface area contributed by atoms with Crippen molar-refractivity contribution in [2.24, 2.45) is 5.84 Å². The van der Waals surface area contributed by atoms with E-state index in [2.05, 4.69) is 10.4 Å². The van der Waals surface area contributed by atoms with E-state index in [1.807, 2.05) is 0 Å². The van der Waals surface area contributed by atoms with Gasteiger partial charge < -0.3 is 0 Å². The smallest absolute Gasteiger partial charge is 0.271 e. The van der Waals surface area contributed by atoms with Gasteiger partial charge in [0.25, 0.3) is 0 Å². The molecule has 0 spiro atoms. The first-order valence-corrected chi connectivity index (χ1v) is 7.15. The highest BCUT2D eigenvalue weighted by atomic mass is 35.5. The molecule has 19 heavy (non-hydrogen) atoms. The van der Waals surface area contributed by atoms with Crippen LogP contribution in [0.3, 0.4) is 0 Å². The van der Waals surface area contributed by atoms with Gasteiger partial charge in [0.05, 0.1) is 14.7 Å². The van der Waals surface area contributed by atoms with E-state index in [4.69, 9.17) is 29.0 Å². The number of halogens is 5. The Balaban J connectivity index is 2.38. The molecule has 1 atom stereocenters. The zero-order chi connectivity index (χ0) is 14.2. The second kappa shape index (κ2) is 5.55. The predicted molar refractivity (Wildman–Crippen MR) is 70.6 cm³/mol. The van der Waals surface area contributed by atoms with E-state index in [0.717, 1.165) is 17.5 Å². The van der Waals surface area contributed by atoms with Gasteiger partial charge in [-0.15, -0.1) is 22.7 Å². The van der Waals surface area contributed by atoms with Crippen molar-refractivity contribution >= 4 is 45.9 Å². The molecule has 3 N–H and O–H groups in total. The summed E-state index contributed by atoms with van der Waals surface area (Å²) in [6.07, 6.45) is -3.35. The number of nitrogens with two attached hydrogens (primary N) is 1. The summed E-state index contributed by atoms with van der Waals surface area (Å²) in [5, 5.41) is -0.930. The maximum Gasteiger partial charge on any atom is 0.443 e. The largest absolute Gasteiger partial charge is 0.443 e. The summed E-state index contributed by atoms with van der Waals surface area (Å²) in [5.41, 5.74) is 2.94. The molecule has 2 aromatic rings. The molecule has 1 unspecified atom stereocenters. The van der Waals surface area contributed by atoms with Crippen LogP contribution >= 0.6 is 45.9 Å². The van der Waals surface area contributed by atoms with E-state index in [1.165, 1.54) is 0 Å². The van der Waals surface area contributed by atoms with Gasteiger partial charge in [0.15, 0.2) is 5.01 Å². The molecule has 0 fully saturated rings. The number of thiazole rings is 1. The molecule has 2 aromatic heterocycles. The number of hydrogen-bond donors (Lipinski definition) is 2. The fourth-order valence-electron chi connectivity index (χ4n) is 1.43. The van der Waals surface area contributed by atoms with Crippen molar-refractivity contribution in [1.82, 2.24) is 10.4 Å². The molecule has 0 saturated heterocycles. The second-order valence-corrected chi connectivity index (χ2v) is 6.79. The third-order valence-electron chi connectivity index (χ3n) is 2.21. The average Bonchev–Trinajstić information content (AvgIpc) is 2.87. The van der Waals surface area contributed by atoms with Gasteiger partial charge >= 0.3 is 6.18 Å². The Bertz CT molecular complexity index is 582. The highest BCUT2D eigenvalue weighted by Crippen LogP contribution is 2.40. The Kier molecular flexibility index (Phi) is 4.38. The fourth-order valence-corrected chi connectivity index (χ4v) is 3.82. The minimum absolute atomic E-state index is 0.311. The Morgan fingerprint density at radius 1 is 1.32 bits per heavy atom. The Hall–Kier alpha value is -0.380. The van der Waals surface area contributed by atoms with Gasteiger partial charge in [-0.2, -0.15) is 13.2 Å². The molecular formula is C9H6Cl2F3N3S2. The van der Waals surface area contributed by atoms with Crippen LogP contribution in [0.25, 0.3) is 0 Å². The van der Waals surface area contributed by atoms with Gasteiger partial charge in [-0.25, -0.2) is 10.4 Å². The molecule has 2 rings (SSSR count). The lowest BCUT2D eigenvalue weighted by atomic mass is 10.1. The topological polar surface area (TPSA) is 50.9 Å². The summed E-state index contributed by atoms with van der Waals surface area (Å²) in [6.45, 7) is 0. The Labute approximate surface area is 124 Å². The quantitative estimate of drug-likeness (QED) is 0.649. The van der Waals surface area contributed by atoms with Crippen molar-refractivity contribution in [1.29, 1.82) is 0 Å². The van der Waals surface area contributed by atoms with Crippen molar-refractivity contribution in [2.45, 2.75) is 12.2 Å². The molecule has 0 aliphatic rings. The third kappa shape index (κ3) is 3.21. The zero-order valence-electron chi connectivity index (χ0n) is 8.96. The maximum absolute atomic E-state index is 12.5. The van der Waals surface area contributed by atoms with E-state index in [9.17, 15) is 13.2 Å². The van der Waals surface area contributed by atoms with E-state index in [0.29, 0.717) is 30.5 Å². The molecule has 0 saturated carbocycles. The van der Waals surface area contributed by atoms with Gasteiger partial charge in [-0.3, -0.25) is 5.84 Å². The Morgan fingerprint density at radius 2 is 2.00 bits per heavy atom. The van der Waals surface area contributed by atoms with E-state index in [-0.39, 0.29) is 0 Å². The molecule has 0 radical (unpaired) electrons. The summed E-state index contributed by atoms with van der Waals surface area (Å²) < 4.78 is 38.3. The van der Waals surface area contributed by atoms with Crippen LogP contribution in [0.2, 0.25) is 8.67 Å². The molecule has 0 aliphatic carbocycles. The summed E-state index contributed by atoms with van der Waals surface area (Å²) >= 11 is 13.4. The highest BCUT2D eigenvalue weighted by Gasteiger charge is 2.35. The SMILES string of the molecule is NNC(c1cnc(C(F)(F)F)s1)c1cc(Cl)sc1Cl.